The molecule has 0 spiro atoms. The van der Waals surface area contributed by atoms with E-state index >= 15 is 0 Å². The summed E-state index contributed by atoms with van der Waals surface area (Å²) in [6.45, 7) is 5.33. The number of hydrogen-bond donors (Lipinski definition) is 0. The molecule has 1 aliphatic rings. The first-order valence-electron chi connectivity index (χ1n) is 11.0. The number of amidine groups is 1. The smallest absolute Gasteiger partial charge is 0.296 e. The van der Waals surface area contributed by atoms with Crippen molar-refractivity contribution in [2.24, 2.45) is 10.1 Å². The Balaban J connectivity index is 1.65. The van der Waals surface area contributed by atoms with Crippen molar-refractivity contribution in [3.8, 4) is 11.1 Å². The summed E-state index contributed by atoms with van der Waals surface area (Å²) >= 11 is 0. The normalized spacial score (nSPS) is 12.8. The zero-order chi connectivity index (χ0) is 23.0. The third kappa shape index (κ3) is 5.66. The van der Waals surface area contributed by atoms with E-state index in [0.717, 1.165) is 16.8 Å². The minimum Gasteiger partial charge on any atom is -0.461 e. The van der Waals surface area contributed by atoms with Gasteiger partial charge in [0.25, 0.3) is 11.9 Å². The van der Waals surface area contributed by atoms with Crippen molar-refractivity contribution < 1.29 is 14.4 Å². The number of amides is 1. The summed E-state index contributed by atoms with van der Waals surface area (Å²) in [5.74, 6) is -0.347. The Morgan fingerprint density at radius 3 is 2.00 bits per heavy atom. The van der Waals surface area contributed by atoms with Gasteiger partial charge in [0.05, 0.1) is 5.71 Å². The fraction of sp³-hybridized carbons (Fsp3) is 0.222. The van der Waals surface area contributed by atoms with Crippen LogP contribution in [-0.2, 0) is 22.7 Å². The maximum atomic E-state index is 12.9. The van der Waals surface area contributed by atoms with E-state index in [1.165, 1.54) is 11.1 Å². The van der Waals surface area contributed by atoms with Crippen LogP contribution in [-0.4, -0.2) is 35.8 Å². The average Bonchev–Trinajstić information content (AvgIpc) is 3.00. The molecule has 0 fully saturated rings. The van der Waals surface area contributed by atoms with Crippen molar-refractivity contribution in [3.63, 3.8) is 0 Å². The van der Waals surface area contributed by atoms with Crippen LogP contribution in [0.3, 0.4) is 0 Å². The largest absolute Gasteiger partial charge is 0.461 e. The van der Waals surface area contributed by atoms with Gasteiger partial charge in [-0.05, 0) is 48.2 Å². The average molecular weight is 442 g/mol. The zero-order valence-corrected chi connectivity index (χ0v) is 18.9. The van der Waals surface area contributed by atoms with E-state index in [1.807, 2.05) is 61.2 Å². The van der Waals surface area contributed by atoms with Gasteiger partial charge in [-0.1, -0.05) is 71.9 Å². The number of carbonyl (C=O) groups excluding carboxylic acids is 1. The fourth-order valence-electron chi connectivity index (χ4n) is 3.72. The molecule has 4 rings (SSSR count). The van der Waals surface area contributed by atoms with Gasteiger partial charge in [-0.15, -0.1) is 0 Å². The fourth-order valence-corrected chi connectivity index (χ4v) is 3.72. The minimum absolute atomic E-state index is 0.220. The predicted octanol–water partition coefficient (Wildman–Crippen LogP) is 5.29. The quantitative estimate of drug-likeness (QED) is 0.233. The van der Waals surface area contributed by atoms with E-state index < -0.39 is 0 Å². The van der Waals surface area contributed by atoms with E-state index in [0.29, 0.717) is 18.7 Å². The first kappa shape index (κ1) is 22.3. The van der Waals surface area contributed by atoms with Crippen molar-refractivity contribution in [1.82, 2.24) is 4.90 Å². The lowest BCUT2D eigenvalue weighted by atomic mass is 9.97. The predicted molar refractivity (Wildman–Crippen MR) is 130 cm³/mol. The highest BCUT2D eigenvalue weighted by Gasteiger charge is 2.23. The molecule has 0 bridgehead atoms. The molecule has 0 atom stereocenters. The molecule has 1 heterocycles. The van der Waals surface area contributed by atoms with Crippen LogP contribution < -0.4 is 0 Å². The Bertz CT molecular complexity index is 1120. The van der Waals surface area contributed by atoms with Gasteiger partial charge < -0.3 is 14.5 Å². The number of fused-ring (bicyclic) bond motifs is 3. The molecule has 1 aliphatic heterocycles. The van der Waals surface area contributed by atoms with E-state index in [-0.39, 0.29) is 25.1 Å². The van der Waals surface area contributed by atoms with Crippen LogP contribution in [0, 0.1) is 0 Å². The Hall–Kier alpha value is -3.93. The molecule has 0 saturated heterocycles. The molecule has 0 N–H and O–H groups in total. The SMILES string of the molecule is CC(C)=NOCCO/C(=N\C(=O)c1ccccc1)N1Cc2ccccc2-c2ccccc2C1. The van der Waals surface area contributed by atoms with Crippen molar-refractivity contribution in [3.05, 3.63) is 95.6 Å². The lowest BCUT2D eigenvalue weighted by Gasteiger charge is -2.24. The van der Waals surface area contributed by atoms with Crippen LogP contribution in [0.2, 0.25) is 0 Å². The van der Waals surface area contributed by atoms with Crippen LogP contribution in [0.5, 0.6) is 0 Å². The number of ether oxygens (including phenoxy) is 1. The van der Waals surface area contributed by atoms with Crippen molar-refractivity contribution >= 4 is 17.6 Å². The third-order valence-corrected chi connectivity index (χ3v) is 5.19. The van der Waals surface area contributed by atoms with Gasteiger partial charge in [-0.2, -0.15) is 4.99 Å². The first-order chi connectivity index (χ1) is 16.1. The Labute approximate surface area is 194 Å². The number of carbonyl (C=O) groups is 1. The van der Waals surface area contributed by atoms with Crippen molar-refractivity contribution in [2.75, 3.05) is 13.2 Å². The van der Waals surface area contributed by atoms with E-state index in [4.69, 9.17) is 9.57 Å². The summed E-state index contributed by atoms with van der Waals surface area (Å²) in [4.78, 5) is 24.6. The summed E-state index contributed by atoms with van der Waals surface area (Å²) in [5.41, 5.74) is 5.99. The molecule has 0 saturated carbocycles. The standard InChI is InChI=1S/C27H27N3O3/c1-20(2)29-33-17-16-32-27(28-26(31)21-10-4-3-5-11-21)30-18-22-12-6-8-14-24(22)25-15-9-7-13-23(25)19-30/h3-15H,16-19H2,1-2H3/b28-27-. The van der Waals surface area contributed by atoms with Crippen LogP contribution in [0.25, 0.3) is 11.1 Å². The van der Waals surface area contributed by atoms with Crippen LogP contribution in [0.1, 0.15) is 35.3 Å². The number of benzene rings is 3. The number of rotatable bonds is 5. The highest BCUT2D eigenvalue weighted by molar-refractivity contribution is 6.01. The Morgan fingerprint density at radius 1 is 0.818 bits per heavy atom. The Kier molecular flexibility index (Phi) is 7.15. The highest BCUT2D eigenvalue weighted by atomic mass is 16.6. The molecule has 0 aliphatic carbocycles. The van der Waals surface area contributed by atoms with Gasteiger partial charge in [0, 0.05) is 18.7 Å². The summed E-state index contributed by atoms with van der Waals surface area (Å²) in [7, 11) is 0. The van der Waals surface area contributed by atoms with Crippen molar-refractivity contribution in [2.45, 2.75) is 26.9 Å². The van der Waals surface area contributed by atoms with Gasteiger partial charge in [-0.25, -0.2) is 0 Å². The molecule has 3 aromatic carbocycles. The van der Waals surface area contributed by atoms with Gasteiger partial charge in [0.15, 0.2) is 6.61 Å². The second kappa shape index (κ2) is 10.6. The van der Waals surface area contributed by atoms with E-state index in [9.17, 15) is 4.79 Å². The molecular formula is C27H27N3O3. The maximum Gasteiger partial charge on any atom is 0.296 e. The molecule has 6 nitrogen and oxygen atoms in total. The van der Waals surface area contributed by atoms with Crippen LogP contribution >= 0.6 is 0 Å². The summed E-state index contributed by atoms with van der Waals surface area (Å²) < 4.78 is 6.00. The summed E-state index contributed by atoms with van der Waals surface area (Å²) in [5, 5.41) is 3.93. The lowest BCUT2D eigenvalue weighted by Crippen LogP contribution is -2.33. The molecule has 6 heteroatoms. The molecule has 3 aromatic rings. The molecule has 0 radical (unpaired) electrons. The van der Waals surface area contributed by atoms with Gasteiger partial charge in [0.2, 0.25) is 0 Å². The molecule has 1 amide bonds. The second-order valence-corrected chi connectivity index (χ2v) is 7.96. The van der Waals surface area contributed by atoms with Crippen LogP contribution in [0.4, 0.5) is 0 Å². The number of oxime groups is 1. The second-order valence-electron chi connectivity index (χ2n) is 7.96. The van der Waals surface area contributed by atoms with Crippen LogP contribution in [0.15, 0.2) is 89.0 Å². The lowest BCUT2D eigenvalue weighted by molar-refractivity contribution is 0.0891. The number of aliphatic imine (C=N–C) groups is 1. The molecule has 33 heavy (non-hydrogen) atoms. The minimum atomic E-state index is -0.347. The maximum absolute atomic E-state index is 12.9. The number of nitrogens with zero attached hydrogens (tertiary/aromatic N) is 3. The first-order valence-corrected chi connectivity index (χ1v) is 11.0. The van der Waals surface area contributed by atoms with Gasteiger partial charge in [0.1, 0.15) is 6.61 Å². The molecule has 0 unspecified atom stereocenters. The van der Waals surface area contributed by atoms with E-state index in [1.54, 1.807) is 12.1 Å². The molecular weight excluding hydrogens is 414 g/mol. The van der Waals surface area contributed by atoms with Crippen molar-refractivity contribution in [1.29, 1.82) is 0 Å². The summed E-state index contributed by atoms with van der Waals surface area (Å²) in [6, 6.07) is 25.9. The van der Waals surface area contributed by atoms with E-state index in [2.05, 4.69) is 34.4 Å². The third-order valence-electron chi connectivity index (χ3n) is 5.19. The molecule has 0 aromatic heterocycles. The van der Waals surface area contributed by atoms with Gasteiger partial charge >= 0.3 is 0 Å². The summed E-state index contributed by atoms with van der Waals surface area (Å²) in [6.07, 6.45) is 0. The Morgan fingerprint density at radius 2 is 1.39 bits per heavy atom. The zero-order valence-electron chi connectivity index (χ0n) is 18.9. The topological polar surface area (TPSA) is 63.5 Å². The van der Waals surface area contributed by atoms with Gasteiger partial charge in [-0.3, -0.25) is 4.79 Å². The monoisotopic (exact) mass is 441 g/mol. The molecule has 168 valence electrons. The highest BCUT2D eigenvalue weighted by Crippen LogP contribution is 2.32. The number of hydrogen-bond acceptors (Lipinski definition) is 4.